The zero-order chi connectivity index (χ0) is 11.4. The number of aromatic carboxylic acids is 1. The first-order valence-corrected chi connectivity index (χ1v) is 4.37. The fraction of sp³-hybridized carbons (Fsp3) is 0.100. The summed E-state index contributed by atoms with van der Waals surface area (Å²) in [5, 5.41) is 8.49. The molecule has 0 fully saturated rings. The molecule has 1 N–H and O–H groups in total. The van der Waals surface area contributed by atoms with Gasteiger partial charge in [-0.2, -0.15) is 0 Å². The first-order chi connectivity index (χ1) is 7.06. The zero-order valence-corrected chi connectivity index (χ0v) is 8.11. The lowest BCUT2D eigenvalue weighted by Gasteiger charge is -1.99. The molecule has 0 heterocycles. The molecule has 0 aromatic heterocycles. The van der Waals surface area contributed by atoms with Gasteiger partial charge in [0.1, 0.15) is 11.6 Å². The van der Waals surface area contributed by atoms with E-state index in [-0.39, 0.29) is 11.4 Å². The molecule has 0 unspecified atom stereocenters. The number of carbonyl (C=O) groups is 1. The van der Waals surface area contributed by atoms with E-state index in [1.165, 1.54) is 0 Å². The summed E-state index contributed by atoms with van der Waals surface area (Å²) in [6, 6.07) is 1.33. The summed E-state index contributed by atoms with van der Waals surface area (Å²) in [6.45, 7) is 0. The SMILES string of the molecule is O=C(O)c1cc(F)c(C#CCCl)cc1F. The molecule has 0 aliphatic heterocycles. The third-order valence-corrected chi connectivity index (χ3v) is 1.71. The number of carboxylic acid groups (broad SMARTS) is 1. The Morgan fingerprint density at radius 3 is 2.60 bits per heavy atom. The molecule has 2 nitrogen and oxygen atoms in total. The quantitative estimate of drug-likeness (QED) is 0.594. The maximum absolute atomic E-state index is 13.1. The normalized spacial score (nSPS) is 9.27. The summed E-state index contributed by atoms with van der Waals surface area (Å²) >= 11 is 5.24. The maximum Gasteiger partial charge on any atom is 0.338 e. The van der Waals surface area contributed by atoms with E-state index in [4.69, 9.17) is 16.7 Å². The lowest BCUT2D eigenvalue weighted by molar-refractivity contribution is 0.0691. The Balaban J connectivity index is 3.25. The van der Waals surface area contributed by atoms with Gasteiger partial charge in [0, 0.05) is 0 Å². The fourth-order valence-electron chi connectivity index (χ4n) is 0.935. The van der Waals surface area contributed by atoms with Crippen LogP contribution in [-0.4, -0.2) is 17.0 Å². The molecule has 1 rings (SSSR count). The molecule has 0 bridgehead atoms. The van der Waals surface area contributed by atoms with Crippen molar-refractivity contribution in [1.82, 2.24) is 0 Å². The largest absolute Gasteiger partial charge is 0.478 e. The molecular weight excluding hydrogens is 226 g/mol. The van der Waals surface area contributed by atoms with Crippen molar-refractivity contribution < 1.29 is 18.7 Å². The Kier molecular flexibility index (Phi) is 3.64. The van der Waals surface area contributed by atoms with Crippen LogP contribution in [0.15, 0.2) is 12.1 Å². The molecule has 0 atom stereocenters. The number of alkyl halides is 1. The molecule has 1 aromatic carbocycles. The van der Waals surface area contributed by atoms with Gasteiger partial charge < -0.3 is 5.11 Å². The van der Waals surface area contributed by atoms with Crippen LogP contribution in [0.1, 0.15) is 15.9 Å². The molecule has 1 aromatic rings. The molecule has 0 aliphatic carbocycles. The summed E-state index contributed by atoms with van der Waals surface area (Å²) in [5.74, 6) is 1.18. The van der Waals surface area contributed by atoms with Gasteiger partial charge in [0.15, 0.2) is 0 Å². The van der Waals surface area contributed by atoms with Crippen molar-refractivity contribution in [3.63, 3.8) is 0 Å². The zero-order valence-electron chi connectivity index (χ0n) is 7.35. The fourth-order valence-corrected chi connectivity index (χ4v) is 1.00. The summed E-state index contributed by atoms with van der Waals surface area (Å²) in [7, 11) is 0. The van der Waals surface area contributed by atoms with Crippen molar-refractivity contribution in [3.8, 4) is 11.8 Å². The smallest absolute Gasteiger partial charge is 0.338 e. The average molecular weight is 231 g/mol. The predicted octanol–water partition coefficient (Wildman–Crippen LogP) is 2.25. The Hall–Kier alpha value is -1.60. The van der Waals surface area contributed by atoms with Crippen LogP contribution in [0.5, 0.6) is 0 Å². The van der Waals surface area contributed by atoms with Crippen LogP contribution >= 0.6 is 11.6 Å². The van der Waals surface area contributed by atoms with Gasteiger partial charge in [-0.3, -0.25) is 0 Å². The van der Waals surface area contributed by atoms with Crippen LogP contribution in [0.4, 0.5) is 8.78 Å². The Morgan fingerprint density at radius 1 is 1.40 bits per heavy atom. The van der Waals surface area contributed by atoms with Crippen LogP contribution in [0.2, 0.25) is 0 Å². The van der Waals surface area contributed by atoms with E-state index in [1.807, 2.05) is 0 Å². The molecule has 0 spiro atoms. The predicted molar refractivity (Wildman–Crippen MR) is 50.9 cm³/mol. The minimum atomic E-state index is -1.52. The minimum Gasteiger partial charge on any atom is -0.478 e. The summed E-state index contributed by atoms with van der Waals surface area (Å²) < 4.78 is 26.2. The van der Waals surface area contributed by atoms with Crippen LogP contribution in [0.25, 0.3) is 0 Å². The highest BCUT2D eigenvalue weighted by molar-refractivity contribution is 6.19. The lowest BCUT2D eigenvalue weighted by Crippen LogP contribution is -2.02. The first kappa shape index (κ1) is 11.5. The van der Waals surface area contributed by atoms with Gasteiger partial charge in [-0.1, -0.05) is 11.8 Å². The molecule has 5 heteroatoms. The van der Waals surface area contributed by atoms with Gasteiger partial charge in [0.25, 0.3) is 0 Å². The Bertz CT molecular complexity index is 460. The number of rotatable bonds is 1. The topological polar surface area (TPSA) is 37.3 Å². The van der Waals surface area contributed by atoms with E-state index in [0.717, 1.165) is 6.07 Å². The molecular formula is C10H5ClF2O2. The van der Waals surface area contributed by atoms with Gasteiger partial charge in [-0.15, -0.1) is 11.6 Å². The molecule has 0 radical (unpaired) electrons. The molecule has 0 saturated heterocycles. The molecule has 0 amide bonds. The standard InChI is InChI=1S/C10H5ClF2O2/c11-3-1-2-6-4-9(13)7(10(14)15)5-8(6)12/h4-5H,3H2,(H,14,15). The van der Waals surface area contributed by atoms with Gasteiger partial charge in [0.2, 0.25) is 0 Å². The highest BCUT2D eigenvalue weighted by atomic mass is 35.5. The Morgan fingerprint density at radius 2 is 2.07 bits per heavy atom. The van der Waals surface area contributed by atoms with E-state index in [9.17, 15) is 13.6 Å². The highest BCUT2D eigenvalue weighted by Crippen LogP contribution is 2.14. The van der Waals surface area contributed by atoms with Gasteiger partial charge in [-0.25, -0.2) is 13.6 Å². The third-order valence-electron chi connectivity index (χ3n) is 1.58. The molecule has 0 saturated carbocycles. The van der Waals surface area contributed by atoms with E-state index in [0.29, 0.717) is 6.07 Å². The summed E-state index contributed by atoms with van der Waals surface area (Å²) in [4.78, 5) is 10.4. The van der Waals surface area contributed by atoms with Crippen molar-refractivity contribution in [2.75, 3.05) is 5.88 Å². The van der Waals surface area contributed by atoms with Crippen LogP contribution in [0.3, 0.4) is 0 Å². The second-order valence-electron chi connectivity index (χ2n) is 2.55. The number of hydrogen-bond donors (Lipinski definition) is 1. The summed E-state index contributed by atoms with van der Waals surface area (Å²) in [5.41, 5.74) is -0.929. The van der Waals surface area contributed by atoms with E-state index in [1.54, 1.807) is 0 Å². The van der Waals surface area contributed by atoms with Crippen LogP contribution < -0.4 is 0 Å². The number of carboxylic acids is 1. The summed E-state index contributed by atoms with van der Waals surface area (Å²) in [6.07, 6.45) is 0. The van der Waals surface area contributed by atoms with Gasteiger partial charge in [0.05, 0.1) is 17.0 Å². The second kappa shape index (κ2) is 4.76. The van der Waals surface area contributed by atoms with Gasteiger partial charge >= 0.3 is 5.97 Å². The van der Waals surface area contributed by atoms with Crippen molar-refractivity contribution in [2.24, 2.45) is 0 Å². The minimum absolute atomic E-state index is 0.0122. The van der Waals surface area contributed by atoms with Crippen molar-refractivity contribution >= 4 is 17.6 Å². The lowest BCUT2D eigenvalue weighted by atomic mass is 10.1. The van der Waals surface area contributed by atoms with Crippen molar-refractivity contribution in [3.05, 3.63) is 34.9 Å². The molecule has 0 aliphatic rings. The first-order valence-electron chi connectivity index (χ1n) is 3.83. The highest BCUT2D eigenvalue weighted by Gasteiger charge is 2.13. The van der Waals surface area contributed by atoms with E-state index >= 15 is 0 Å². The van der Waals surface area contributed by atoms with Crippen LogP contribution in [0, 0.1) is 23.5 Å². The average Bonchev–Trinajstić information content (AvgIpc) is 2.18. The number of hydrogen-bond acceptors (Lipinski definition) is 1. The Labute approximate surface area is 89.5 Å². The monoisotopic (exact) mass is 230 g/mol. The molecule has 78 valence electrons. The third kappa shape index (κ3) is 2.67. The van der Waals surface area contributed by atoms with Crippen molar-refractivity contribution in [2.45, 2.75) is 0 Å². The van der Waals surface area contributed by atoms with E-state index < -0.39 is 23.2 Å². The molecule has 15 heavy (non-hydrogen) atoms. The van der Waals surface area contributed by atoms with E-state index in [2.05, 4.69) is 11.8 Å². The van der Waals surface area contributed by atoms with Crippen molar-refractivity contribution in [1.29, 1.82) is 0 Å². The van der Waals surface area contributed by atoms with Crippen LogP contribution in [-0.2, 0) is 0 Å². The van der Waals surface area contributed by atoms with Gasteiger partial charge in [-0.05, 0) is 12.1 Å². The number of benzene rings is 1. The second-order valence-corrected chi connectivity index (χ2v) is 2.82. The maximum atomic E-state index is 13.1. The number of halogens is 3.